The molecule has 0 bridgehead atoms. The summed E-state index contributed by atoms with van der Waals surface area (Å²) in [6.45, 7) is 2.85. The highest BCUT2D eigenvalue weighted by molar-refractivity contribution is 8.03. The minimum Gasteiger partial charge on any atom is -0.496 e. The molecular formula is C25H27N3O5S. The summed E-state index contributed by atoms with van der Waals surface area (Å²) in [6, 6.07) is 13.7. The molecule has 0 aromatic heterocycles. The van der Waals surface area contributed by atoms with E-state index in [9.17, 15) is 10.1 Å². The number of hydrogen-bond donors (Lipinski definition) is 0. The molecule has 9 heteroatoms. The zero-order valence-corrected chi connectivity index (χ0v) is 20.5. The van der Waals surface area contributed by atoms with Crippen LogP contribution >= 0.6 is 11.8 Å². The monoisotopic (exact) mass is 481 g/mol. The number of benzene rings is 2. The highest BCUT2D eigenvalue weighted by atomic mass is 32.2. The smallest absolute Gasteiger partial charge is 0.229 e. The van der Waals surface area contributed by atoms with Crippen molar-refractivity contribution in [2.75, 3.05) is 45.4 Å². The summed E-state index contributed by atoms with van der Waals surface area (Å²) < 4.78 is 22.2. The summed E-state index contributed by atoms with van der Waals surface area (Å²) in [7, 11) is 4.66. The summed E-state index contributed by atoms with van der Waals surface area (Å²) >= 11 is 1.48. The van der Waals surface area contributed by atoms with Crippen molar-refractivity contribution < 1.29 is 23.7 Å². The molecule has 2 aromatic carbocycles. The van der Waals surface area contributed by atoms with Gasteiger partial charge in [-0.3, -0.25) is 9.69 Å². The molecule has 0 N–H and O–H groups in total. The van der Waals surface area contributed by atoms with E-state index in [1.807, 2.05) is 31.2 Å². The van der Waals surface area contributed by atoms with E-state index in [1.54, 1.807) is 38.4 Å². The van der Waals surface area contributed by atoms with Gasteiger partial charge in [0.15, 0.2) is 11.5 Å². The number of fused-ring (bicyclic) bond motifs is 1. The molecule has 34 heavy (non-hydrogen) atoms. The van der Waals surface area contributed by atoms with Gasteiger partial charge in [0.1, 0.15) is 11.5 Å². The second-order valence-electron chi connectivity index (χ2n) is 7.71. The van der Waals surface area contributed by atoms with Crippen LogP contribution in [0.25, 0.3) is 0 Å². The van der Waals surface area contributed by atoms with Crippen molar-refractivity contribution in [3.8, 4) is 29.1 Å². The summed E-state index contributed by atoms with van der Waals surface area (Å²) in [5.74, 6) is 2.46. The first-order valence-electron chi connectivity index (χ1n) is 10.9. The van der Waals surface area contributed by atoms with Crippen LogP contribution in [0.5, 0.6) is 23.0 Å². The predicted molar refractivity (Wildman–Crippen MR) is 130 cm³/mol. The topological polar surface area (TPSA) is 84.3 Å². The van der Waals surface area contributed by atoms with Gasteiger partial charge in [0.2, 0.25) is 5.91 Å². The van der Waals surface area contributed by atoms with Crippen molar-refractivity contribution in [2.24, 2.45) is 0 Å². The lowest BCUT2D eigenvalue weighted by molar-refractivity contribution is -0.129. The molecule has 1 amide bonds. The van der Waals surface area contributed by atoms with Gasteiger partial charge in [-0.15, -0.1) is 0 Å². The Morgan fingerprint density at radius 1 is 1.06 bits per heavy atom. The van der Waals surface area contributed by atoms with Crippen LogP contribution in [-0.2, 0) is 4.79 Å². The third-order valence-electron chi connectivity index (χ3n) is 5.91. The second kappa shape index (κ2) is 10.2. The average molecular weight is 482 g/mol. The Morgan fingerprint density at radius 3 is 2.44 bits per heavy atom. The van der Waals surface area contributed by atoms with Gasteiger partial charge >= 0.3 is 0 Å². The van der Waals surface area contributed by atoms with E-state index >= 15 is 0 Å². The highest BCUT2D eigenvalue weighted by Gasteiger charge is 2.40. The number of thioether (sulfide) groups is 1. The summed E-state index contributed by atoms with van der Waals surface area (Å²) in [5, 5.41) is 10.8. The number of ether oxygens (including phenoxy) is 4. The molecule has 178 valence electrons. The molecule has 4 rings (SSSR count). The van der Waals surface area contributed by atoms with E-state index in [2.05, 4.69) is 11.0 Å². The van der Waals surface area contributed by atoms with E-state index < -0.39 is 5.92 Å². The molecule has 0 aliphatic carbocycles. The van der Waals surface area contributed by atoms with Gasteiger partial charge in [0.05, 0.1) is 62.8 Å². The molecule has 2 aliphatic heterocycles. The first-order chi connectivity index (χ1) is 16.6. The summed E-state index contributed by atoms with van der Waals surface area (Å²) in [6.07, 6.45) is 0.153. The van der Waals surface area contributed by atoms with Crippen LogP contribution in [0.1, 0.15) is 24.8 Å². The number of methoxy groups -OCH3 is 3. The fraction of sp³-hybridized carbons (Fsp3) is 0.360. The Hall–Kier alpha value is -3.51. The molecule has 2 aromatic rings. The second-order valence-corrected chi connectivity index (χ2v) is 8.65. The van der Waals surface area contributed by atoms with Gasteiger partial charge in [0.25, 0.3) is 0 Å². The number of rotatable bonds is 7. The molecule has 8 nitrogen and oxygen atoms in total. The van der Waals surface area contributed by atoms with E-state index in [0.717, 1.165) is 17.0 Å². The molecule has 0 saturated carbocycles. The van der Waals surface area contributed by atoms with Crippen LogP contribution in [0, 0.1) is 11.3 Å². The zero-order valence-electron chi connectivity index (χ0n) is 19.7. The van der Waals surface area contributed by atoms with Crippen LogP contribution in [0.3, 0.4) is 0 Å². The van der Waals surface area contributed by atoms with Crippen molar-refractivity contribution >= 4 is 23.4 Å². The minimum atomic E-state index is -0.437. The summed E-state index contributed by atoms with van der Waals surface area (Å²) in [4.78, 5) is 17.1. The number of para-hydroxylation sites is 2. The Labute approximate surface area is 203 Å². The molecule has 1 atom stereocenters. The predicted octanol–water partition coefficient (Wildman–Crippen LogP) is 4.33. The van der Waals surface area contributed by atoms with E-state index in [4.69, 9.17) is 18.9 Å². The highest BCUT2D eigenvalue weighted by Crippen LogP contribution is 2.48. The maximum absolute atomic E-state index is 13.4. The van der Waals surface area contributed by atoms with Crippen molar-refractivity contribution in [2.45, 2.75) is 19.3 Å². The fourth-order valence-electron chi connectivity index (χ4n) is 4.30. The minimum absolute atomic E-state index is 0.0538. The van der Waals surface area contributed by atoms with Gasteiger partial charge < -0.3 is 23.8 Å². The number of amides is 1. The lowest BCUT2D eigenvalue weighted by Crippen LogP contribution is -2.47. The molecule has 1 fully saturated rings. The quantitative estimate of drug-likeness (QED) is 0.578. The number of carbonyl (C=O) groups excluding carboxylic acids is 1. The Bertz CT molecular complexity index is 1160. The largest absolute Gasteiger partial charge is 0.496 e. The Kier molecular flexibility index (Phi) is 7.08. The number of hydrogen-bond acceptors (Lipinski definition) is 8. The molecule has 0 spiro atoms. The van der Waals surface area contributed by atoms with E-state index in [0.29, 0.717) is 47.0 Å². The van der Waals surface area contributed by atoms with Gasteiger partial charge in [0, 0.05) is 24.0 Å². The third kappa shape index (κ3) is 4.21. The Morgan fingerprint density at radius 2 is 1.76 bits per heavy atom. The SMILES string of the molecule is CCOc1ccccc1N1CSC2=C(C#N)[C@H](c3cc(OC)c(OC)cc3OC)CC(=O)N2C1. The Balaban J connectivity index is 1.71. The van der Waals surface area contributed by atoms with Crippen molar-refractivity contribution in [3.05, 3.63) is 52.6 Å². The van der Waals surface area contributed by atoms with Gasteiger partial charge in [-0.2, -0.15) is 5.26 Å². The van der Waals surface area contributed by atoms with Crippen molar-refractivity contribution in [1.29, 1.82) is 5.26 Å². The molecule has 1 saturated heterocycles. The zero-order chi connectivity index (χ0) is 24.2. The number of carbonyl (C=O) groups is 1. The van der Waals surface area contributed by atoms with Gasteiger partial charge in [-0.05, 0) is 25.1 Å². The number of nitriles is 1. The molecule has 2 aliphatic rings. The third-order valence-corrected chi connectivity index (χ3v) is 7.07. The van der Waals surface area contributed by atoms with Crippen molar-refractivity contribution in [1.82, 2.24) is 4.90 Å². The van der Waals surface area contributed by atoms with Crippen LogP contribution < -0.4 is 23.8 Å². The lowest BCUT2D eigenvalue weighted by Gasteiger charge is -2.42. The van der Waals surface area contributed by atoms with Gasteiger partial charge in [-0.25, -0.2) is 0 Å². The number of nitrogens with zero attached hydrogens (tertiary/aromatic N) is 3. The van der Waals surface area contributed by atoms with Crippen LogP contribution in [0.15, 0.2) is 47.0 Å². The standard InChI is InChI=1S/C25H27N3O5S/c1-5-33-20-9-7-6-8-19(20)27-14-28-24(29)11-16(18(13-26)25(28)34-15-27)17-10-22(31-3)23(32-4)12-21(17)30-2/h6-10,12,16H,5,11,14-15H2,1-4H3/t16-/m0/s1. The van der Waals surface area contributed by atoms with Gasteiger partial charge in [-0.1, -0.05) is 23.9 Å². The lowest BCUT2D eigenvalue weighted by atomic mass is 9.85. The van der Waals surface area contributed by atoms with Crippen LogP contribution in [0.2, 0.25) is 0 Å². The molecule has 0 unspecified atom stereocenters. The van der Waals surface area contributed by atoms with E-state index in [1.165, 1.54) is 11.8 Å². The number of anilines is 1. The maximum Gasteiger partial charge on any atom is 0.229 e. The molecular weight excluding hydrogens is 454 g/mol. The van der Waals surface area contributed by atoms with Crippen LogP contribution in [-0.4, -0.2) is 51.3 Å². The molecule has 2 heterocycles. The first-order valence-corrected chi connectivity index (χ1v) is 11.9. The first kappa shape index (κ1) is 23.6. The average Bonchev–Trinajstić information content (AvgIpc) is 2.88. The fourth-order valence-corrected chi connectivity index (χ4v) is 5.46. The maximum atomic E-state index is 13.4. The van der Waals surface area contributed by atoms with Crippen LogP contribution in [0.4, 0.5) is 5.69 Å². The van der Waals surface area contributed by atoms with Crippen molar-refractivity contribution in [3.63, 3.8) is 0 Å². The number of allylic oxidation sites excluding steroid dienone is 1. The normalized spacial score (nSPS) is 17.7. The van der Waals surface area contributed by atoms with E-state index in [-0.39, 0.29) is 12.3 Å². The summed E-state index contributed by atoms with van der Waals surface area (Å²) in [5.41, 5.74) is 2.20. The molecule has 0 radical (unpaired) electrons.